The van der Waals surface area contributed by atoms with Crippen molar-refractivity contribution in [2.45, 2.75) is 20.3 Å². The minimum atomic E-state index is 0.591. The van der Waals surface area contributed by atoms with Crippen molar-refractivity contribution in [3.8, 4) is 0 Å². The minimum absolute atomic E-state index is 0.591. The third-order valence-corrected chi connectivity index (χ3v) is 3.56. The molecule has 0 saturated heterocycles. The van der Waals surface area contributed by atoms with Gasteiger partial charge in [0, 0.05) is 26.8 Å². The van der Waals surface area contributed by atoms with Gasteiger partial charge in [-0.3, -0.25) is 0 Å². The van der Waals surface area contributed by atoms with Crippen LogP contribution in [0.4, 0.5) is 11.8 Å². The van der Waals surface area contributed by atoms with Crippen LogP contribution in [0.5, 0.6) is 0 Å². The zero-order valence-electron chi connectivity index (χ0n) is 12.3. The molecule has 5 nitrogen and oxygen atoms in total. The summed E-state index contributed by atoms with van der Waals surface area (Å²) >= 11 is 1.63. The van der Waals surface area contributed by atoms with Crippen molar-refractivity contribution in [2.24, 2.45) is 5.92 Å². The number of aromatic nitrogens is 2. The average Bonchev–Trinajstić information content (AvgIpc) is 2.90. The van der Waals surface area contributed by atoms with Gasteiger partial charge in [0.25, 0.3) is 0 Å². The van der Waals surface area contributed by atoms with Crippen molar-refractivity contribution in [2.75, 3.05) is 37.4 Å². The van der Waals surface area contributed by atoms with E-state index in [1.807, 2.05) is 12.4 Å². The predicted molar refractivity (Wildman–Crippen MR) is 85.7 cm³/mol. The van der Waals surface area contributed by atoms with E-state index >= 15 is 0 Å². The molecule has 2 rings (SSSR count). The van der Waals surface area contributed by atoms with Crippen LogP contribution in [0.3, 0.4) is 0 Å². The summed E-state index contributed by atoms with van der Waals surface area (Å²) in [6.45, 7) is 6.77. The number of thiophene rings is 1. The maximum atomic E-state index is 5.57. The molecule has 0 radical (unpaired) electrons. The topological polar surface area (TPSA) is 59.1 Å². The number of nitrogens with zero attached hydrogens (tertiary/aromatic N) is 2. The van der Waals surface area contributed by atoms with Gasteiger partial charge < -0.3 is 15.4 Å². The fourth-order valence-electron chi connectivity index (χ4n) is 1.80. The van der Waals surface area contributed by atoms with Crippen molar-refractivity contribution in [1.82, 2.24) is 9.97 Å². The number of fused-ring (bicyclic) bond motifs is 1. The Bertz CT molecular complexity index is 541. The molecule has 0 aliphatic rings. The quantitative estimate of drug-likeness (QED) is 0.732. The number of ether oxygens (including phenoxy) is 1. The molecule has 0 bridgehead atoms. The van der Waals surface area contributed by atoms with Crippen LogP contribution in [0.2, 0.25) is 0 Å². The van der Waals surface area contributed by atoms with Gasteiger partial charge in [0.15, 0.2) is 0 Å². The van der Waals surface area contributed by atoms with Gasteiger partial charge in [-0.15, -0.1) is 11.3 Å². The highest BCUT2D eigenvalue weighted by Crippen LogP contribution is 2.26. The van der Waals surface area contributed by atoms with Crippen molar-refractivity contribution in [3.63, 3.8) is 0 Å². The fourth-order valence-corrected chi connectivity index (χ4v) is 2.57. The zero-order chi connectivity index (χ0) is 14.4. The Labute approximate surface area is 123 Å². The van der Waals surface area contributed by atoms with Crippen LogP contribution in [-0.4, -0.2) is 36.8 Å². The van der Waals surface area contributed by atoms with Crippen LogP contribution < -0.4 is 10.6 Å². The summed E-state index contributed by atoms with van der Waals surface area (Å²) in [6.07, 6.45) is 0.969. The fraction of sp³-hybridized carbons (Fsp3) is 0.571. The summed E-state index contributed by atoms with van der Waals surface area (Å²) < 4.78 is 5.57. The summed E-state index contributed by atoms with van der Waals surface area (Å²) in [7, 11) is 1.83. The first-order chi connectivity index (χ1) is 9.70. The van der Waals surface area contributed by atoms with Crippen LogP contribution >= 0.6 is 11.3 Å². The summed E-state index contributed by atoms with van der Waals surface area (Å²) in [6, 6.07) is 2.05. The second-order valence-electron chi connectivity index (χ2n) is 5.03. The third-order valence-electron chi connectivity index (χ3n) is 2.76. The Kier molecular flexibility index (Phi) is 5.55. The van der Waals surface area contributed by atoms with Gasteiger partial charge in [0.2, 0.25) is 5.95 Å². The molecule has 20 heavy (non-hydrogen) atoms. The molecule has 2 N–H and O–H groups in total. The van der Waals surface area contributed by atoms with Crippen molar-refractivity contribution < 1.29 is 4.74 Å². The van der Waals surface area contributed by atoms with E-state index in [2.05, 4.69) is 40.5 Å². The van der Waals surface area contributed by atoms with Gasteiger partial charge in [0.05, 0.1) is 5.39 Å². The lowest BCUT2D eigenvalue weighted by Crippen LogP contribution is -2.10. The van der Waals surface area contributed by atoms with Gasteiger partial charge in [-0.2, -0.15) is 4.98 Å². The lowest BCUT2D eigenvalue weighted by Gasteiger charge is -2.09. The number of hydrogen-bond donors (Lipinski definition) is 2. The molecule has 110 valence electrons. The maximum absolute atomic E-state index is 5.57. The molecule has 0 saturated carbocycles. The van der Waals surface area contributed by atoms with E-state index in [4.69, 9.17) is 4.74 Å². The standard InChI is InChI=1S/C14H22N4OS/c1-10(2)9-19-7-4-6-16-12-11-5-8-20-13(11)18-14(15-3)17-12/h5,8,10H,4,6-7,9H2,1-3H3,(H2,15,16,17,18). The minimum Gasteiger partial charge on any atom is -0.381 e. The molecule has 0 spiro atoms. The van der Waals surface area contributed by atoms with E-state index in [1.165, 1.54) is 0 Å². The Morgan fingerprint density at radius 1 is 1.35 bits per heavy atom. The first kappa shape index (κ1) is 15.0. The van der Waals surface area contributed by atoms with E-state index in [0.29, 0.717) is 11.9 Å². The summed E-state index contributed by atoms with van der Waals surface area (Å²) in [5.74, 6) is 2.14. The van der Waals surface area contributed by atoms with Crippen LogP contribution in [0.25, 0.3) is 10.2 Å². The summed E-state index contributed by atoms with van der Waals surface area (Å²) in [4.78, 5) is 9.90. The Balaban J connectivity index is 1.87. The number of nitrogens with one attached hydrogen (secondary N) is 2. The Morgan fingerprint density at radius 2 is 2.20 bits per heavy atom. The first-order valence-electron chi connectivity index (χ1n) is 6.95. The van der Waals surface area contributed by atoms with E-state index in [1.54, 1.807) is 11.3 Å². The zero-order valence-corrected chi connectivity index (χ0v) is 13.1. The first-order valence-corrected chi connectivity index (χ1v) is 7.83. The Hall–Kier alpha value is -1.40. The van der Waals surface area contributed by atoms with E-state index in [9.17, 15) is 0 Å². The highest BCUT2D eigenvalue weighted by molar-refractivity contribution is 7.16. The maximum Gasteiger partial charge on any atom is 0.225 e. The molecule has 0 aliphatic heterocycles. The molecule has 0 aliphatic carbocycles. The van der Waals surface area contributed by atoms with Crippen molar-refractivity contribution in [3.05, 3.63) is 11.4 Å². The van der Waals surface area contributed by atoms with Gasteiger partial charge in [-0.05, 0) is 23.8 Å². The van der Waals surface area contributed by atoms with E-state index in [-0.39, 0.29) is 0 Å². The van der Waals surface area contributed by atoms with Crippen molar-refractivity contribution in [1.29, 1.82) is 0 Å². The monoisotopic (exact) mass is 294 g/mol. The van der Waals surface area contributed by atoms with Crippen molar-refractivity contribution >= 4 is 33.3 Å². The molecule has 2 aromatic rings. The predicted octanol–water partition coefficient (Wildman–Crippen LogP) is 3.21. The van der Waals surface area contributed by atoms with E-state index < -0.39 is 0 Å². The van der Waals surface area contributed by atoms with E-state index in [0.717, 1.165) is 42.2 Å². The average molecular weight is 294 g/mol. The van der Waals surface area contributed by atoms with Crippen LogP contribution in [0.15, 0.2) is 11.4 Å². The van der Waals surface area contributed by atoms with Crippen LogP contribution in [0.1, 0.15) is 20.3 Å². The number of anilines is 2. The highest BCUT2D eigenvalue weighted by Gasteiger charge is 2.07. The van der Waals surface area contributed by atoms with Crippen LogP contribution in [-0.2, 0) is 4.74 Å². The molecular formula is C14H22N4OS. The van der Waals surface area contributed by atoms with Gasteiger partial charge in [-0.25, -0.2) is 4.98 Å². The highest BCUT2D eigenvalue weighted by atomic mass is 32.1. The molecule has 0 aromatic carbocycles. The number of hydrogen-bond acceptors (Lipinski definition) is 6. The molecule has 6 heteroatoms. The second-order valence-corrected chi connectivity index (χ2v) is 5.93. The molecule has 0 atom stereocenters. The molecular weight excluding hydrogens is 272 g/mol. The second kappa shape index (κ2) is 7.40. The lowest BCUT2D eigenvalue weighted by molar-refractivity contribution is 0.110. The van der Waals surface area contributed by atoms with Gasteiger partial charge in [-0.1, -0.05) is 13.8 Å². The molecule has 2 heterocycles. The third kappa shape index (κ3) is 4.05. The molecule has 0 amide bonds. The summed E-state index contributed by atoms with van der Waals surface area (Å²) in [5.41, 5.74) is 0. The molecule has 2 aromatic heterocycles. The molecule has 0 unspecified atom stereocenters. The largest absolute Gasteiger partial charge is 0.381 e. The Morgan fingerprint density at radius 3 is 2.95 bits per heavy atom. The number of rotatable bonds is 8. The molecule has 0 fully saturated rings. The normalized spacial score (nSPS) is 11.2. The SMILES string of the molecule is CNc1nc(NCCCOCC(C)C)c2ccsc2n1. The van der Waals surface area contributed by atoms with Crippen LogP contribution in [0, 0.1) is 5.92 Å². The van der Waals surface area contributed by atoms with Gasteiger partial charge >= 0.3 is 0 Å². The summed E-state index contributed by atoms with van der Waals surface area (Å²) in [5, 5.41) is 9.48. The smallest absolute Gasteiger partial charge is 0.225 e. The lowest BCUT2D eigenvalue weighted by atomic mass is 10.2. The van der Waals surface area contributed by atoms with Gasteiger partial charge in [0.1, 0.15) is 10.6 Å².